The normalized spacial score (nSPS) is 18.2. The van der Waals surface area contributed by atoms with Gasteiger partial charge in [0.2, 0.25) is 0 Å². The number of carbonyl (C=O) groups is 1. The molecule has 30 heavy (non-hydrogen) atoms. The number of nitrogens with one attached hydrogen (secondary N) is 1. The number of aromatic nitrogens is 2. The fourth-order valence-corrected chi connectivity index (χ4v) is 5.54. The van der Waals surface area contributed by atoms with Gasteiger partial charge in [0.05, 0.1) is 5.69 Å². The van der Waals surface area contributed by atoms with Crippen LogP contribution < -0.4 is 34.9 Å². The largest absolute Gasteiger partial charge is 1.00 e. The predicted octanol–water partition coefficient (Wildman–Crippen LogP) is 1.78. The van der Waals surface area contributed by atoms with E-state index in [1.807, 2.05) is 11.7 Å². The SMILES string of the molecule is CC(c1cc(S[N-]C(=O)Nc2c3c(cc4c2CCC4)CCC3)nn1C)N1CCC1.[Na+]. The van der Waals surface area contributed by atoms with E-state index in [0.717, 1.165) is 49.5 Å². The summed E-state index contributed by atoms with van der Waals surface area (Å²) in [5.41, 5.74) is 7.73. The van der Waals surface area contributed by atoms with Gasteiger partial charge < -0.3 is 10.0 Å². The van der Waals surface area contributed by atoms with Gasteiger partial charge in [-0.3, -0.25) is 14.4 Å². The summed E-state index contributed by atoms with van der Waals surface area (Å²) in [6.45, 7) is 4.51. The Balaban J connectivity index is 0.00000218. The molecule has 1 aliphatic heterocycles. The molecule has 2 aliphatic carbocycles. The van der Waals surface area contributed by atoms with Gasteiger partial charge >= 0.3 is 29.6 Å². The fourth-order valence-electron chi connectivity index (χ4n) is 4.99. The molecule has 1 aromatic carbocycles. The maximum absolute atomic E-state index is 12.6. The number of likely N-dealkylation sites (tertiary alicyclic amines) is 1. The fraction of sp³-hybridized carbons (Fsp3) is 0.545. The first-order valence-corrected chi connectivity index (χ1v) is 11.5. The van der Waals surface area contributed by atoms with Gasteiger partial charge in [-0.15, -0.1) is 0 Å². The Kier molecular flexibility index (Phi) is 6.85. The third kappa shape index (κ3) is 4.19. The van der Waals surface area contributed by atoms with Gasteiger partial charge in [-0.05, 0) is 85.9 Å². The second-order valence-corrected chi connectivity index (χ2v) is 9.23. The zero-order valence-electron chi connectivity index (χ0n) is 18.2. The van der Waals surface area contributed by atoms with E-state index in [0.29, 0.717) is 6.04 Å². The van der Waals surface area contributed by atoms with E-state index in [4.69, 9.17) is 0 Å². The van der Waals surface area contributed by atoms with Crippen LogP contribution in [0, 0.1) is 0 Å². The smallest absolute Gasteiger partial charge is 0.423 e. The van der Waals surface area contributed by atoms with Crippen LogP contribution in [0.2, 0.25) is 0 Å². The summed E-state index contributed by atoms with van der Waals surface area (Å²) in [7, 11) is 1.96. The molecule has 1 aromatic heterocycles. The first kappa shape index (κ1) is 22.2. The molecule has 0 saturated carbocycles. The number of rotatable bonds is 5. The minimum Gasteiger partial charge on any atom is -0.423 e. The molecule has 1 N–H and O–H groups in total. The number of nitrogens with zero attached hydrogens (tertiary/aromatic N) is 4. The minimum absolute atomic E-state index is 0. The van der Waals surface area contributed by atoms with Crippen LogP contribution in [0.4, 0.5) is 10.5 Å². The van der Waals surface area contributed by atoms with Gasteiger partial charge in [-0.1, -0.05) is 18.0 Å². The topological polar surface area (TPSA) is 64.3 Å². The minimum atomic E-state index is -0.285. The first-order valence-electron chi connectivity index (χ1n) is 10.7. The summed E-state index contributed by atoms with van der Waals surface area (Å²) in [6, 6.07) is 4.50. The van der Waals surface area contributed by atoms with Crippen molar-refractivity contribution < 1.29 is 34.4 Å². The van der Waals surface area contributed by atoms with Crippen LogP contribution >= 0.6 is 11.9 Å². The maximum Gasteiger partial charge on any atom is 1.00 e. The molecule has 0 radical (unpaired) electrons. The molecule has 8 heteroatoms. The van der Waals surface area contributed by atoms with Gasteiger partial charge in [0.15, 0.2) is 6.03 Å². The van der Waals surface area contributed by atoms with Crippen LogP contribution in [-0.2, 0) is 32.7 Å². The Hall–Kier alpha value is -0.990. The van der Waals surface area contributed by atoms with Crippen LogP contribution in [0.15, 0.2) is 17.2 Å². The van der Waals surface area contributed by atoms with Crippen molar-refractivity contribution >= 4 is 23.7 Å². The molecule has 0 spiro atoms. The number of anilines is 1. The van der Waals surface area contributed by atoms with Crippen LogP contribution in [-0.4, -0.2) is 33.8 Å². The molecule has 1 fully saturated rings. The molecule has 1 atom stereocenters. The second-order valence-electron chi connectivity index (χ2n) is 8.44. The van der Waals surface area contributed by atoms with E-state index in [2.05, 4.69) is 39.1 Å². The van der Waals surface area contributed by atoms with Crippen molar-refractivity contribution in [1.29, 1.82) is 0 Å². The summed E-state index contributed by atoms with van der Waals surface area (Å²) in [5.74, 6) is 0. The van der Waals surface area contributed by atoms with Crippen molar-refractivity contribution in [3.63, 3.8) is 0 Å². The molecule has 1 saturated heterocycles. The Morgan fingerprint density at radius 2 is 1.77 bits per heavy atom. The molecule has 5 rings (SSSR count). The van der Waals surface area contributed by atoms with Crippen molar-refractivity contribution in [3.05, 3.63) is 44.8 Å². The number of benzene rings is 1. The van der Waals surface area contributed by atoms with E-state index in [1.165, 1.54) is 59.2 Å². The molecule has 2 heterocycles. The van der Waals surface area contributed by atoms with Crippen molar-refractivity contribution in [2.75, 3.05) is 18.4 Å². The summed E-state index contributed by atoms with van der Waals surface area (Å²) < 4.78 is 6.12. The second kappa shape index (κ2) is 9.25. The average Bonchev–Trinajstić information content (AvgIpc) is 3.37. The van der Waals surface area contributed by atoms with E-state index in [1.54, 1.807) is 0 Å². The van der Waals surface area contributed by atoms with Crippen molar-refractivity contribution in [2.24, 2.45) is 7.05 Å². The molecule has 0 bridgehead atoms. The van der Waals surface area contributed by atoms with Gasteiger partial charge in [0, 0.05) is 26.2 Å². The van der Waals surface area contributed by atoms with Gasteiger partial charge in [0.25, 0.3) is 0 Å². The molecule has 1 unspecified atom stereocenters. The molecular weight excluding hydrogens is 405 g/mol. The summed E-state index contributed by atoms with van der Waals surface area (Å²) in [4.78, 5) is 15.1. The van der Waals surface area contributed by atoms with Crippen LogP contribution in [0.3, 0.4) is 0 Å². The van der Waals surface area contributed by atoms with E-state index in [9.17, 15) is 4.79 Å². The zero-order valence-corrected chi connectivity index (χ0v) is 21.0. The molecule has 6 nitrogen and oxygen atoms in total. The first-order chi connectivity index (χ1) is 14.1. The number of hydrogen-bond donors (Lipinski definition) is 1. The number of carbonyl (C=O) groups excluding carboxylic acids is 1. The van der Waals surface area contributed by atoms with Crippen LogP contribution in [0.1, 0.15) is 60.2 Å². The Morgan fingerprint density at radius 3 is 2.37 bits per heavy atom. The Labute approximate surface area is 205 Å². The number of hydrogen-bond acceptors (Lipinski definition) is 4. The standard InChI is InChI=1S/C22H29N5OS.Na/c1-14(27-10-5-11-27)19-13-20(24-26(19)2)29-25-22(28)23-21-17-8-3-6-15(17)12-16-7-4-9-18(16)21;/h12-14H,3-11H2,1-2H3,(H2,23,25,28);/q;+1/p-1. The number of amides is 2. The summed E-state index contributed by atoms with van der Waals surface area (Å²) >= 11 is 1.17. The quantitative estimate of drug-likeness (QED) is 0.577. The molecular formula is C22H28N5NaOS. The van der Waals surface area contributed by atoms with Crippen LogP contribution in [0.25, 0.3) is 4.72 Å². The van der Waals surface area contributed by atoms with Gasteiger partial charge in [0.1, 0.15) is 5.03 Å². The molecule has 154 valence electrons. The third-order valence-corrected chi connectivity index (χ3v) is 7.33. The van der Waals surface area contributed by atoms with Crippen molar-refractivity contribution in [3.8, 4) is 0 Å². The third-order valence-electron chi connectivity index (χ3n) is 6.69. The molecule has 2 aromatic rings. The maximum atomic E-state index is 12.6. The molecule has 2 amide bonds. The van der Waals surface area contributed by atoms with Crippen LogP contribution in [0.5, 0.6) is 0 Å². The summed E-state index contributed by atoms with van der Waals surface area (Å²) in [5, 5.41) is 8.44. The van der Waals surface area contributed by atoms with E-state index in [-0.39, 0.29) is 35.6 Å². The zero-order chi connectivity index (χ0) is 20.0. The summed E-state index contributed by atoms with van der Waals surface area (Å²) in [6.07, 6.45) is 8.00. The molecule has 3 aliphatic rings. The monoisotopic (exact) mass is 433 g/mol. The Bertz CT molecular complexity index is 923. The number of urea groups is 1. The van der Waals surface area contributed by atoms with Gasteiger partial charge in [-0.2, -0.15) is 5.10 Å². The number of aryl methyl sites for hydroxylation is 3. The van der Waals surface area contributed by atoms with E-state index < -0.39 is 0 Å². The van der Waals surface area contributed by atoms with Crippen molar-refractivity contribution in [2.45, 2.75) is 62.9 Å². The van der Waals surface area contributed by atoms with Gasteiger partial charge in [-0.25, -0.2) is 0 Å². The van der Waals surface area contributed by atoms with Crippen molar-refractivity contribution in [1.82, 2.24) is 14.7 Å². The number of fused-ring (bicyclic) bond motifs is 2. The van der Waals surface area contributed by atoms with E-state index >= 15 is 0 Å². The average molecular weight is 434 g/mol. The Morgan fingerprint density at radius 1 is 1.10 bits per heavy atom. The predicted molar refractivity (Wildman–Crippen MR) is 117 cm³/mol.